The average Bonchev–Trinajstić information content (AvgIpc) is 3.85. The van der Waals surface area contributed by atoms with Gasteiger partial charge in [-0.2, -0.15) is 0 Å². The SMILES string of the molecule is C1=CCC2Sc3ccc(C4=NC(c5cc(-c6ccccc6)cc(-c6cccc7c6oc6ccccc67)c5)N=C(C5=CC(c6ccccc6)=CCC5)N4)cc3C2=C1. The Labute approximate surface area is 330 Å². The highest BCUT2D eigenvalue weighted by Crippen LogP contribution is 2.48. The fraction of sp³-hybridized carbons (Fsp3) is 0.0980. The van der Waals surface area contributed by atoms with Crippen molar-refractivity contribution in [2.75, 3.05) is 0 Å². The van der Waals surface area contributed by atoms with Crippen LogP contribution < -0.4 is 5.32 Å². The van der Waals surface area contributed by atoms with Crippen LogP contribution in [0.1, 0.15) is 47.7 Å². The summed E-state index contributed by atoms with van der Waals surface area (Å²) in [5, 5.41) is 6.46. The van der Waals surface area contributed by atoms with Crippen LogP contribution in [-0.4, -0.2) is 16.9 Å². The number of amidine groups is 2. The molecule has 0 saturated heterocycles. The van der Waals surface area contributed by atoms with Crippen molar-refractivity contribution < 1.29 is 4.42 Å². The van der Waals surface area contributed by atoms with Gasteiger partial charge in [-0.05, 0) is 112 Å². The Morgan fingerprint density at radius 3 is 2.32 bits per heavy atom. The maximum absolute atomic E-state index is 6.57. The average molecular weight is 740 g/mol. The van der Waals surface area contributed by atoms with E-state index in [1.54, 1.807) is 0 Å². The topological polar surface area (TPSA) is 49.9 Å². The van der Waals surface area contributed by atoms with E-state index in [1.165, 1.54) is 32.7 Å². The minimum atomic E-state index is -0.474. The molecular formula is C51H37N3OS. The summed E-state index contributed by atoms with van der Waals surface area (Å²) in [6, 6.07) is 49.6. The third-order valence-corrected chi connectivity index (χ3v) is 12.6. The van der Waals surface area contributed by atoms with Crippen molar-refractivity contribution in [3.05, 3.63) is 198 Å². The van der Waals surface area contributed by atoms with Gasteiger partial charge in [0.1, 0.15) is 22.8 Å². The Kier molecular flexibility index (Phi) is 8.06. The van der Waals surface area contributed by atoms with Crippen LogP contribution in [0.25, 0.3) is 55.3 Å². The summed E-state index contributed by atoms with van der Waals surface area (Å²) in [5.74, 6) is 1.71. The van der Waals surface area contributed by atoms with Gasteiger partial charge in [-0.25, -0.2) is 9.98 Å². The highest BCUT2D eigenvalue weighted by atomic mass is 32.2. The molecule has 4 aliphatic rings. The molecular weight excluding hydrogens is 703 g/mol. The molecule has 2 atom stereocenters. The van der Waals surface area contributed by atoms with Gasteiger partial charge in [-0.15, -0.1) is 11.8 Å². The smallest absolute Gasteiger partial charge is 0.169 e. The maximum atomic E-state index is 6.57. The van der Waals surface area contributed by atoms with Crippen molar-refractivity contribution in [3.8, 4) is 22.3 Å². The monoisotopic (exact) mass is 739 g/mol. The molecule has 56 heavy (non-hydrogen) atoms. The van der Waals surface area contributed by atoms with Gasteiger partial charge >= 0.3 is 0 Å². The first-order valence-corrected chi connectivity index (χ1v) is 20.3. The van der Waals surface area contributed by atoms with E-state index < -0.39 is 6.17 Å². The minimum absolute atomic E-state index is 0.474. The van der Waals surface area contributed by atoms with E-state index in [-0.39, 0.29) is 0 Å². The van der Waals surface area contributed by atoms with Crippen LogP contribution in [0.5, 0.6) is 0 Å². The number of aliphatic imine (C=N–C) groups is 2. The largest absolute Gasteiger partial charge is 0.455 e. The van der Waals surface area contributed by atoms with Crippen molar-refractivity contribution in [2.45, 2.75) is 35.6 Å². The number of nitrogens with one attached hydrogen (secondary N) is 1. The first-order chi connectivity index (χ1) is 27.7. The summed E-state index contributed by atoms with van der Waals surface area (Å²) < 4.78 is 6.57. The molecule has 11 rings (SSSR count). The highest BCUT2D eigenvalue weighted by molar-refractivity contribution is 8.00. The predicted octanol–water partition coefficient (Wildman–Crippen LogP) is 13.0. The number of nitrogens with zero attached hydrogens (tertiary/aromatic N) is 2. The van der Waals surface area contributed by atoms with Crippen LogP contribution in [0.2, 0.25) is 0 Å². The number of furan rings is 1. The lowest BCUT2D eigenvalue weighted by Gasteiger charge is -2.26. The molecule has 3 heterocycles. The quantitative estimate of drug-likeness (QED) is 0.185. The fourth-order valence-corrected chi connectivity index (χ4v) is 9.80. The Hall–Kier alpha value is -6.43. The molecule has 2 aliphatic heterocycles. The summed E-state index contributed by atoms with van der Waals surface area (Å²) in [6.45, 7) is 0. The summed E-state index contributed by atoms with van der Waals surface area (Å²) in [6.07, 6.45) is 13.8. The number of hydrogen-bond donors (Lipinski definition) is 1. The first kappa shape index (κ1) is 33.0. The van der Waals surface area contributed by atoms with Gasteiger partial charge in [0.05, 0.1) is 0 Å². The maximum Gasteiger partial charge on any atom is 0.169 e. The molecule has 2 aliphatic carbocycles. The molecule has 0 radical (unpaired) electrons. The van der Waals surface area contributed by atoms with Gasteiger partial charge in [-0.3, -0.25) is 0 Å². The van der Waals surface area contributed by atoms with E-state index in [1.807, 2.05) is 23.9 Å². The molecule has 1 aromatic heterocycles. The molecule has 7 aromatic rings. The van der Waals surface area contributed by atoms with Crippen molar-refractivity contribution in [1.82, 2.24) is 5.32 Å². The summed E-state index contributed by atoms with van der Waals surface area (Å²) in [5.41, 5.74) is 14.6. The van der Waals surface area contributed by atoms with Crippen LogP contribution >= 0.6 is 11.8 Å². The van der Waals surface area contributed by atoms with E-state index in [2.05, 4.69) is 163 Å². The van der Waals surface area contributed by atoms with E-state index in [4.69, 9.17) is 14.4 Å². The van der Waals surface area contributed by atoms with Crippen LogP contribution in [0.3, 0.4) is 0 Å². The molecule has 0 fully saturated rings. The van der Waals surface area contributed by atoms with Gasteiger partial charge in [0.15, 0.2) is 6.17 Å². The van der Waals surface area contributed by atoms with Crippen LogP contribution in [0.4, 0.5) is 0 Å². The zero-order chi connectivity index (χ0) is 37.0. The summed E-state index contributed by atoms with van der Waals surface area (Å²) in [4.78, 5) is 12.2. The second-order valence-corrected chi connectivity index (χ2v) is 16.0. The Bertz CT molecular complexity index is 2890. The predicted molar refractivity (Wildman–Crippen MR) is 234 cm³/mol. The molecule has 0 saturated carbocycles. The molecule has 5 heteroatoms. The Morgan fingerprint density at radius 2 is 1.43 bits per heavy atom. The fourth-order valence-electron chi connectivity index (χ4n) is 8.50. The van der Waals surface area contributed by atoms with Crippen LogP contribution in [0, 0.1) is 0 Å². The summed E-state index contributed by atoms with van der Waals surface area (Å²) >= 11 is 1.97. The lowest BCUT2D eigenvalue weighted by Crippen LogP contribution is -2.37. The number of rotatable bonds is 6. The van der Waals surface area contributed by atoms with Crippen molar-refractivity contribution in [3.63, 3.8) is 0 Å². The van der Waals surface area contributed by atoms with E-state index in [9.17, 15) is 0 Å². The van der Waals surface area contributed by atoms with Crippen molar-refractivity contribution in [2.24, 2.45) is 9.98 Å². The van der Waals surface area contributed by atoms with Gasteiger partial charge in [0, 0.05) is 32.0 Å². The molecule has 0 amide bonds. The zero-order valence-electron chi connectivity index (χ0n) is 30.7. The lowest BCUT2D eigenvalue weighted by atomic mass is 9.92. The van der Waals surface area contributed by atoms with Crippen LogP contribution in [-0.2, 0) is 0 Å². The molecule has 0 bridgehead atoms. The number of thioether (sulfide) groups is 1. The molecule has 2 unspecified atom stereocenters. The number of hydrogen-bond acceptors (Lipinski definition) is 5. The van der Waals surface area contributed by atoms with Gasteiger partial charge in [0.25, 0.3) is 0 Å². The number of benzene rings is 6. The van der Waals surface area contributed by atoms with Gasteiger partial charge in [-0.1, -0.05) is 127 Å². The normalized spacial score (nSPS) is 18.7. The van der Waals surface area contributed by atoms with Gasteiger partial charge in [0.2, 0.25) is 0 Å². The molecule has 268 valence electrons. The Morgan fingerprint density at radius 1 is 0.643 bits per heavy atom. The second-order valence-electron chi connectivity index (χ2n) is 14.8. The van der Waals surface area contributed by atoms with Crippen LogP contribution in [0.15, 0.2) is 195 Å². The third-order valence-electron chi connectivity index (χ3n) is 11.3. The molecule has 6 aromatic carbocycles. The number of para-hydroxylation sites is 2. The first-order valence-electron chi connectivity index (χ1n) is 19.4. The zero-order valence-corrected chi connectivity index (χ0v) is 31.5. The molecule has 0 spiro atoms. The van der Waals surface area contributed by atoms with Gasteiger partial charge < -0.3 is 9.73 Å². The van der Waals surface area contributed by atoms with Crippen molar-refractivity contribution >= 4 is 56.5 Å². The van der Waals surface area contributed by atoms with E-state index in [0.717, 1.165) is 86.3 Å². The third kappa shape index (κ3) is 5.87. The number of allylic oxidation sites excluding steroid dienone is 6. The molecule has 1 N–H and O–H groups in total. The van der Waals surface area contributed by atoms with E-state index >= 15 is 0 Å². The Balaban J connectivity index is 1.08. The standard InChI is InChI=1S/C51H37N3OS/c1-3-13-32(14-4-1)34-17-11-18-35(27-34)49-52-50(36-25-26-47-44(31-36)42-20-8-10-24-46(42)56-47)54-51(53-49)39-29-37(33-15-5-2-6-16-33)28-38(30-39)40-21-12-22-43-41-19-7-9-23-45(41)55-48(40)43/h1-10,12-17,19-23,25-31,46,51H,11,18,24H2,(H,52,53,54). The minimum Gasteiger partial charge on any atom is -0.455 e. The molecule has 4 nitrogen and oxygen atoms in total. The van der Waals surface area contributed by atoms with Crippen molar-refractivity contribution in [1.29, 1.82) is 0 Å². The number of fused-ring (bicyclic) bond motifs is 6. The lowest BCUT2D eigenvalue weighted by molar-refractivity contribution is 0.670. The second kappa shape index (κ2) is 13.7. The summed E-state index contributed by atoms with van der Waals surface area (Å²) in [7, 11) is 0. The van der Waals surface area contributed by atoms with E-state index in [0.29, 0.717) is 5.25 Å². The highest BCUT2D eigenvalue weighted by Gasteiger charge is 2.30.